The summed E-state index contributed by atoms with van der Waals surface area (Å²) in [5, 5.41) is 4.02. The first kappa shape index (κ1) is 18.9. The van der Waals surface area contributed by atoms with Crippen LogP contribution < -0.4 is 4.72 Å². The maximum absolute atomic E-state index is 12.2. The van der Waals surface area contributed by atoms with E-state index in [-0.39, 0.29) is 29.0 Å². The van der Waals surface area contributed by atoms with Crippen molar-refractivity contribution in [3.05, 3.63) is 10.8 Å². The number of ether oxygens (including phenoxy) is 1. The Morgan fingerprint density at radius 2 is 2.00 bits per heavy atom. The van der Waals surface area contributed by atoms with Gasteiger partial charge in [0, 0.05) is 20.0 Å². The minimum absolute atomic E-state index is 0.0334. The van der Waals surface area contributed by atoms with Gasteiger partial charge in [-0.1, -0.05) is 11.6 Å². The van der Waals surface area contributed by atoms with Crippen molar-refractivity contribution in [2.75, 3.05) is 6.54 Å². The van der Waals surface area contributed by atoms with Gasteiger partial charge in [-0.05, 0) is 34.1 Å². The number of aromatic nitrogens is 2. The largest absolute Gasteiger partial charge is 0.460 e. The smallest absolute Gasteiger partial charge is 0.306 e. The van der Waals surface area contributed by atoms with Gasteiger partial charge in [-0.15, -0.1) is 0 Å². The molecule has 0 aromatic carbocycles. The highest BCUT2D eigenvalue weighted by atomic mass is 35.5. The quantitative estimate of drug-likeness (QED) is 0.623. The number of rotatable bonds is 6. The molecule has 0 aliphatic carbocycles. The highest BCUT2D eigenvalue weighted by molar-refractivity contribution is 7.89. The number of sulfonamides is 1. The zero-order valence-electron chi connectivity index (χ0n) is 13.4. The van der Waals surface area contributed by atoms with Crippen molar-refractivity contribution in [1.29, 1.82) is 0 Å². The van der Waals surface area contributed by atoms with E-state index >= 15 is 0 Å². The fraction of sp³-hybridized carbons (Fsp3) is 0.692. The second-order valence-electron chi connectivity index (χ2n) is 5.92. The molecular formula is C13H22ClN3O4S. The Labute approximate surface area is 136 Å². The Kier molecular flexibility index (Phi) is 6.00. The molecule has 1 N–H and O–H groups in total. The summed E-state index contributed by atoms with van der Waals surface area (Å²) in [6, 6.07) is 0. The molecule has 0 aliphatic heterocycles. The summed E-state index contributed by atoms with van der Waals surface area (Å²) < 4.78 is 33.2. The van der Waals surface area contributed by atoms with Gasteiger partial charge >= 0.3 is 5.97 Å². The number of halogens is 1. The lowest BCUT2D eigenvalue weighted by atomic mass is 10.2. The van der Waals surface area contributed by atoms with Crippen molar-refractivity contribution < 1.29 is 17.9 Å². The second-order valence-corrected chi connectivity index (χ2v) is 7.98. The van der Waals surface area contributed by atoms with Crippen LogP contribution in [0.3, 0.4) is 0 Å². The lowest BCUT2D eigenvalue weighted by Gasteiger charge is -2.19. The first-order valence-electron chi connectivity index (χ1n) is 6.84. The SMILES string of the molecule is Cc1nn(C)c(Cl)c1S(=O)(=O)NCCCC(=O)OC(C)(C)C. The Morgan fingerprint density at radius 1 is 1.41 bits per heavy atom. The fourth-order valence-corrected chi connectivity index (χ4v) is 3.64. The summed E-state index contributed by atoms with van der Waals surface area (Å²) in [5.74, 6) is -0.359. The minimum Gasteiger partial charge on any atom is -0.460 e. The maximum atomic E-state index is 12.2. The normalized spacial score (nSPS) is 12.5. The number of hydrogen-bond donors (Lipinski definition) is 1. The summed E-state index contributed by atoms with van der Waals surface area (Å²) >= 11 is 5.94. The molecule has 1 aromatic rings. The number of nitrogens with one attached hydrogen (secondary N) is 1. The topological polar surface area (TPSA) is 90.3 Å². The van der Waals surface area contributed by atoms with E-state index in [0.29, 0.717) is 12.1 Å². The van der Waals surface area contributed by atoms with Crippen LogP contribution in [-0.4, -0.2) is 36.3 Å². The van der Waals surface area contributed by atoms with Crippen LogP contribution in [-0.2, 0) is 26.6 Å². The molecule has 1 rings (SSSR count). The van der Waals surface area contributed by atoms with Gasteiger partial charge in [-0.2, -0.15) is 5.10 Å². The molecule has 1 aromatic heterocycles. The van der Waals surface area contributed by atoms with Crippen LogP contribution in [0.1, 0.15) is 39.3 Å². The molecule has 0 unspecified atom stereocenters. The molecule has 0 atom stereocenters. The average molecular weight is 352 g/mol. The monoisotopic (exact) mass is 351 g/mol. The zero-order valence-corrected chi connectivity index (χ0v) is 15.0. The summed E-state index contributed by atoms with van der Waals surface area (Å²) in [5.41, 5.74) is -0.219. The van der Waals surface area contributed by atoms with E-state index in [1.165, 1.54) is 4.68 Å². The predicted molar refractivity (Wildman–Crippen MR) is 83.2 cm³/mol. The Balaban J connectivity index is 2.56. The third kappa shape index (κ3) is 5.26. The second kappa shape index (κ2) is 6.97. The molecule has 22 heavy (non-hydrogen) atoms. The van der Waals surface area contributed by atoms with Crippen molar-refractivity contribution in [2.45, 2.75) is 51.0 Å². The van der Waals surface area contributed by atoms with Crippen LogP contribution >= 0.6 is 11.6 Å². The van der Waals surface area contributed by atoms with Crippen molar-refractivity contribution in [3.63, 3.8) is 0 Å². The van der Waals surface area contributed by atoms with Gasteiger partial charge in [0.25, 0.3) is 0 Å². The van der Waals surface area contributed by atoms with E-state index in [9.17, 15) is 13.2 Å². The van der Waals surface area contributed by atoms with Crippen LogP contribution in [0.25, 0.3) is 0 Å². The van der Waals surface area contributed by atoms with Gasteiger partial charge in [-0.3, -0.25) is 9.48 Å². The van der Waals surface area contributed by atoms with Crippen molar-refractivity contribution in [3.8, 4) is 0 Å². The summed E-state index contributed by atoms with van der Waals surface area (Å²) in [7, 11) is -2.18. The molecule has 9 heteroatoms. The van der Waals surface area contributed by atoms with E-state index < -0.39 is 15.6 Å². The third-order valence-corrected chi connectivity index (χ3v) is 4.79. The lowest BCUT2D eigenvalue weighted by Crippen LogP contribution is -2.27. The minimum atomic E-state index is -3.75. The predicted octanol–water partition coefficient (Wildman–Crippen LogP) is 1.78. The van der Waals surface area contributed by atoms with E-state index in [4.69, 9.17) is 16.3 Å². The van der Waals surface area contributed by atoms with E-state index in [2.05, 4.69) is 9.82 Å². The molecule has 7 nitrogen and oxygen atoms in total. The van der Waals surface area contributed by atoms with Crippen LogP contribution in [0.15, 0.2) is 4.90 Å². The molecule has 0 saturated carbocycles. The first-order chi connectivity index (χ1) is 9.94. The number of hydrogen-bond acceptors (Lipinski definition) is 5. The molecule has 0 spiro atoms. The van der Waals surface area contributed by atoms with Gasteiger partial charge < -0.3 is 4.74 Å². The van der Waals surface area contributed by atoms with E-state index in [1.54, 1.807) is 34.7 Å². The van der Waals surface area contributed by atoms with Gasteiger partial charge in [0.05, 0.1) is 5.69 Å². The van der Waals surface area contributed by atoms with Crippen LogP contribution in [0, 0.1) is 6.92 Å². The van der Waals surface area contributed by atoms with Crippen LogP contribution in [0.4, 0.5) is 0 Å². The Morgan fingerprint density at radius 3 is 2.45 bits per heavy atom. The fourth-order valence-electron chi connectivity index (χ4n) is 1.82. The molecule has 0 bridgehead atoms. The molecular weight excluding hydrogens is 330 g/mol. The highest BCUT2D eigenvalue weighted by Gasteiger charge is 2.24. The van der Waals surface area contributed by atoms with E-state index in [0.717, 1.165) is 0 Å². The van der Waals surface area contributed by atoms with Gasteiger partial charge in [0.1, 0.15) is 15.6 Å². The average Bonchev–Trinajstić information content (AvgIpc) is 2.57. The number of esters is 1. The van der Waals surface area contributed by atoms with Crippen molar-refractivity contribution >= 4 is 27.6 Å². The van der Waals surface area contributed by atoms with Crippen molar-refractivity contribution in [2.24, 2.45) is 7.05 Å². The Bertz CT molecular complexity index is 647. The summed E-state index contributed by atoms with van der Waals surface area (Å²) in [6.45, 7) is 7.02. The highest BCUT2D eigenvalue weighted by Crippen LogP contribution is 2.23. The number of carbonyl (C=O) groups is 1. The molecule has 0 radical (unpaired) electrons. The van der Waals surface area contributed by atoms with Gasteiger partial charge in [-0.25, -0.2) is 13.1 Å². The number of aryl methyl sites for hydroxylation is 2. The molecule has 0 amide bonds. The first-order valence-corrected chi connectivity index (χ1v) is 8.71. The van der Waals surface area contributed by atoms with Gasteiger partial charge in [0.2, 0.25) is 10.0 Å². The number of carbonyl (C=O) groups excluding carboxylic acids is 1. The molecule has 0 aliphatic rings. The molecule has 0 saturated heterocycles. The third-order valence-electron chi connectivity index (χ3n) is 2.64. The maximum Gasteiger partial charge on any atom is 0.306 e. The van der Waals surface area contributed by atoms with Crippen LogP contribution in [0.5, 0.6) is 0 Å². The van der Waals surface area contributed by atoms with Crippen LogP contribution in [0.2, 0.25) is 5.15 Å². The molecule has 126 valence electrons. The lowest BCUT2D eigenvalue weighted by molar-refractivity contribution is -0.154. The Hall–Kier alpha value is -1.12. The zero-order chi connectivity index (χ0) is 17.1. The van der Waals surface area contributed by atoms with Gasteiger partial charge in [0.15, 0.2) is 0 Å². The van der Waals surface area contributed by atoms with Crippen molar-refractivity contribution in [1.82, 2.24) is 14.5 Å². The summed E-state index contributed by atoms with van der Waals surface area (Å²) in [4.78, 5) is 11.5. The molecule has 0 fully saturated rings. The standard InChI is InChI=1S/C13H22ClN3O4S/c1-9-11(12(14)17(5)16-9)22(19,20)15-8-6-7-10(18)21-13(2,3)4/h15H,6-8H2,1-5H3. The summed E-state index contributed by atoms with van der Waals surface area (Å²) in [6.07, 6.45) is 0.477. The van der Waals surface area contributed by atoms with E-state index in [1.807, 2.05) is 0 Å². The number of nitrogens with zero attached hydrogens (tertiary/aromatic N) is 2. The molecule has 1 heterocycles.